The van der Waals surface area contributed by atoms with Gasteiger partial charge in [0, 0.05) is 18.0 Å². The molecule has 1 aliphatic rings. The lowest BCUT2D eigenvalue weighted by molar-refractivity contribution is 0.100. The molecule has 0 aromatic heterocycles. The van der Waals surface area contributed by atoms with E-state index in [1.165, 1.54) is 18.4 Å². The maximum atomic E-state index is 3.52. The predicted molar refractivity (Wildman–Crippen MR) is 91.8 cm³/mol. The monoisotopic (exact) mass is 288 g/mol. The van der Waals surface area contributed by atoms with Crippen LogP contribution in [-0.2, 0) is 5.41 Å². The van der Waals surface area contributed by atoms with Crippen molar-refractivity contribution in [3.05, 3.63) is 35.9 Å². The molecule has 0 amide bonds. The topological polar surface area (TPSA) is 15.3 Å². The highest BCUT2D eigenvalue weighted by Crippen LogP contribution is 2.36. The third-order valence-electron chi connectivity index (χ3n) is 5.41. The zero-order chi connectivity index (χ0) is 15.5. The van der Waals surface area contributed by atoms with Gasteiger partial charge >= 0.3 is 0 Å². The van der Waals surface area contributed by atoms with Crippen LogP contribution in [0, 0.1) is 5.41 Å². The Hall–Kier alpha value is -0.860. The molecule has 1 fully saturated rings. The first-order valence-corrected chi connectivity index (χ1v) is 8.32. The van der Waals surface area contributed by atoms with Crippen molar-refractivity contribution >= 4 is 0 Å². The lowest BCUT2D eigenvalue weighted by atomic mass is 9.72. The van der Waals surface area contributed by atoms with E-state index in [4.69, 9.17) is 0 Å². The summed E-state index contributed by atoms with van der Waals surface area (Å²) in [6, 6.07) is 11.7. The summed E-state index contributed by atoms with van der Waals surface area (Å²) >= 11 is 0. The van der Waals surface area contributed by atoms with Gasteiger partial charge in [-0.3, -0.25) is 0 Å². The molecule has 1 N–H and O–H groups in total. The molecule has 21 heavy (non-hydrogen) atoms. The van der Waals surface area contributed by atoms with E-state index in [-0.39, 0.29) is 0 Å². The van der Waals surface area contributed by atoms with Gasteiger partial charge in [-0.25, -0.2) is 0 Å². The van der Waals surface area contributed by atoms with Crippen LogP contribution in [0.2, 0.25) is 0 Å². The Labute approximate surface area is 130 Å². The Morgan fingerprint density at radius 3 is 2.24 bits per heavy atom. The minimum absolute atomic E-state index is 0.306. The Balaban J connectivity index is 2.21. The van der Waals surface area contributed by atoms with Crippen molar-refractivity contribution in [2.24, 2.45) is 5.41 Å². The van der Waals surface area contributed by atoms with Crippen molar-refractivity contribution < 1.29 is 0 Å². The van der Waals surface area contributed by atoms with E-state index in [9.17, 15) is 0 Å². The first kappa shape index (κ1) is 16.5. The summed E-state index contributed by atoms with van der Waals surface area (Å²) in [5.74, 6) is 0. The molecule has 0 saturated carbocycles. The van der Waals surface area contributed by atoms with Gasteiger partial charge in [-0.2, -0.15) is 0 Å². The van der Waals surface area contributed by atoms with E-state index >= 15 is 0 Å². The molecule has 2 heteroatoms. The van der Waals surface area contributed by atoms with E-state index < -0.39 is 0 Å². The molecular formula is C19H32N2. The van der Waals surface area contributed by atoms with E-state index in [1.807, 2.05) is 0 Å². The Bertz CT molecular complexity index is 427. The van der Waals surface area contributed by atoms with Gasteiger partial charge in [0.15, 0.2) is 0 Å². The van der Waals surface area contributed by atoms with Crippen LogP contribution in [-0.4, -0.2) is 37.6 Å². The first-order valence-electron chi connectivity index (χ1n) is 8.32. The number of likely N-dealkylation sites (N-methyl/N-ethyl adjacent to an activating group) is 1. The molecule has 1 aromatic carbocycles. The summed E-state index contributed by atoms with van der Waals surface area (Å²) < 4.78 is 0. The average molecular weight is 288 g/mol. The number of piperidine rings is 1. The van der Waals surface area contributed by atoms with E-state index in [0.29, 0.717) is 16.9 Å². The summed E-state index contributed by atoms with van der Waals surface area (Å²) in [5.41, 5.74) is 2.14. The molecule has 1 saturated heterocycles. The van der Waals surface area contributed by atoms with Crippen LogP contribution >= 0.6 is 0 Å². The quantitative estimate of drug-likeness (QED) is 0.909. The van der Waals surface area contributed by atoms with Crippen LogP contribution in [0.25, 0.3) is 0 Å². The Kier molecular flexibility index (Phi) is 5.11. The number of benzene rings is 1. The number of hydrogen-bond acceptors (Lipinski definition) is 2. The van der Waals surface area contributed by atoms with Crippen LogP contribution in [0.15, 0.2) is 30.3 Å². The second kappa shape index (κ2) is 6.50. The van der Waals surface area contributed by atoms with E-state index in [0.717, 1.165) is 19.6 Å². The fraction of sp³-hybridized carbons (Fsp3) is 0.684. The van der Waals surface area contributed by atoms with Crippen molar-refractivity contribution in [1.82, 2.24) is 10.2 Å². The second-order valence-corrected chi connectivity index (χ2v) is 7.85. The first-order chi connectivity index (χ1) is 9.85. The maximum absolute atomic E-state index is 3.52. The molecule has 2 rings (SSSR count). The van der Waals surface area contributed by atoms with Crippen molar-refractivity contribution in [1.29, 1.82) is 0 Å². The fourth-order valence-electron chi connectivity index (χ4n) is 3.51. The van der Waals surface area contributed by atoms with Crippen molar-refractivity contribution in [3.63, 3.8) is 0 Å². The Morgan fingerprint density at radius 2 is 1.71 bits per heavy atom. The van der Waals surface area contributed by atoms with Gasteiger partial charge in [-0.1, -0.05) is 51.1 Å². The molecule has 0 bridgehead atoms. The zero-order valence-electron chi connectivity index (χ0n) is 14.4. The summed E-state index contributed by atoms with van der Waals surface area (Å²) in [6.07, 6.45) is 2.47. The maximum Gasteiger partial charge on any atom is 0.0113 e. The van der Waals surface area contributed by atoms with Gasteiger partial charge < -0.3 is 10.2 Å². The third kappa shape index (κ3) is 3.87. The van der Waals surface area contributed by atoms with Crippen LogP contribution in [0.1, 0.15) is 46.1 Å². The van der Waals surface area contributed by atoms with Gasteiger partial charge in [0.2, 0.25) is 0 Å². The van der Waals surface area contributed by atoms with Gasteiger partial charge in [-0.15, -0.1) is 0 Å². The molecular weight excluding hydrogens is 256 g/mol. The number of nitrogens with zero attached hydrogens (tertiary/aromatic N) is 1. The number of hydrogen-bond donors (Lipinski definition) is 1. The third-order valence-corrected chi connectivity index (χ3v) is 5.41. The van der Waals surface area contributed by atoms with Gasteiger partial charge in [0.25, 0.3) is 0 Å². The van der Waals surface area contributed by atoms with Crippen LogP contribution in [0.5, 0.6) is 0 Å². The highest BCUT2D eigenvalue weighted by molar-refractivity contribution is 5.27. The zero-order valence-corrected chi connectivity index (χ0v) is 14.4. The molecule has 1 heterocycles. The van der Waals surface area contributed by atoms with Gasteiger partial charge in [0.05, 0.1) is 0 Å². The lowest BCUT2D eigenvalue weighted by Crippen LogP contribution is -2.51. The molecule has 0 aliphatic carbocycles. The largest absolute Gasteiger partial charge is 0.317 e. The summed E-state index contributed by atoms with van der Waals surface area (Å²) in [4.78, 5) is 2.57. The van der Waals surface area contributed by atoms with Crippen LogP contribution in [0.3, 0.4) is 0 Å². The number of nitrogens with one attached hydrogen (secondary N) is 1. The second-order valence-electron chi connectivity index (χ2n) is 7.85. The molecule has 2 nitrogen and oxygen atoms in total. The summed E-state index contributed by atoms with van der Waals surface area (Å²) in [6.45, 7) is 12.8. The summed E-state index contributed by atoms with van der Waals surface area (Å²) in [5, 5.41) is 3.52. The van der Waals surface area contributed by atoms with E-state index in [1.54, 1.807) is 0 Å². The fourth-order valence-corrected chi connectivity index (χ4v) is 3.51. The standard InChI is InChI=1S/C19H32N2/c1-16(18(2,3)4)21(5)15-19(11-13-20-14-12-19)17-9-7-6-8-10-17/h6-10,16,20H,11-15H2,1-5H3. The normalized spacial score (nSPS) is 20.5. The van der Waals surface area contributed by atoms with Crippen molar-refractivity contribution in [3.8, 4) is 0 Å². The molecule has 1 aliphatic heterocycles. The molecule has 1 unspecified atom stereocenters. The molecule has 118 valence electrons. The lowest BCUT2D eigenvalue weighted by Gasteiger charge is -2.45. The highest BCUT2D eigenvalue weighted by Gasteiger charge is 2.37. The number of rotatable bonds is 4. The van der Waals surface area contributed by atoms with Gasteiger partial charge in [-0.05, 0) is 50.9 Å². The van der Waals surface area contributed by atoms with Gasteiger partial charge in [0.1, 0.15) is 0 Å². The predicted octanol–water partition coefficient (Wildman–Crippen LogP) is 3.67. The van der Waals surface area contributed by atoms with Crippen molar-refractivity contribution in [2.45, 2.75) is 52.0 Å². The molecule has 1 aromatic rings. The smallest absolute Gasteiger partial charge is 0.0113 e. The molecule has 1 atom stereocenters. The summed E-state index contributed by atoms with van der Waals surface area (Å²) in [7, 11) is 2.29. The minimum atomic E-state index is 0.306. The van der Waals surface area contributed by atoms with Crippen LogP contribution < -0.4 is 5.32 Å². The average Bonchev–Trinajstić information content (AvgIpc) is 2.47. The SMILES string of the molecule is CC(N(C)CC1(c2ccccc2)CCNCC1)C(C)(C)C. The minimum Gasteiger partial charge on any atom is -0.317 e. The van der Waals surface area contributed by atoms with Crippen LogP contribution in [0.4, 0.5) is 0 Å². The molecule has 0 radical (unpaired) electrons. The molecule has 0 spiro atoms. The van der Waals surface area contributed by atoms with E-state index in [2.05, 4.69) is 75.3 Å². The Morgan fingerprint density at radius 1 is 1.14 bits per heavy atom. The van der Waals surface area contributed by atoms with Crippen molar-refractivity contribution in [2.75, 3.05) is 26.7 Å². The highest BCUT2D eigenvalue weighted by atomic mass is 15.1.